The van der Waals surface area contributed by atoms with Crippen molar-refractivity contribution in [3.8, 4) is 5.75 Å². The molecule has 0 spiro atoms. The first kappa shape index (κ1) is 23.8. The van der Waals surface area contributed by atoms with Gasteiger partial charge in [0.1, 0.15) is 18.1 Å². The monoisotopic (exact) mass is 464 g/mol. The minimum atomic E-state index is -0.222. The molecule has 34 heavy (non-hydrogen) atoms. The SMILES string of the molecule is COC(=O)C1CCC(C(C2=C(OCc3ccc(OC)cc3)C=CC(C)C2=O)n2ccnc2)CC1. The van der Waals surface area contributed by atoms with Crippen LogP contribution < -0.4 is 4.74 Å². The van der Waals surface area contributed by atoms with E-state index in [1.54, 1.807) is 19.6 Å². The van der Waals surface area contributed by atoms with Gasteiger partial charge < -0.3 is 18.8 Å². The Hall–Kier alpha value is -3.35. The van der Waals surface area contributed by atoms with E-state index in [1.165, 1.54) is 7.11 Å². The van der Waals surface area contributed by atoms with Gasteiger partial charge in [0.05, 0.1) is 38.1 Å². The lowest BCUT2D eigenvalue weighted by Crippen LogP contribution is -2.33. The van der Waals surface area contributed by atoms with Crippen LogP contribution in [0.1, 0.15) is 44.2 Å². The maximum absolute atomic E-state index is 13.5. The summed E-state index contributed by atoms with van der Waals surface area (Å²) in [6, 6.07) is 7.50. The van der Waals surface area contributed by atoms with Crippen molar-refractivity contribution in [2.75, 3.05) is 14.2 Å². The molecular weight excluding hydrogens is 432 g/mol. The number of Topliss-reactive ketones (excluding diaryl/α,β-unsaturated/α-hetero) is 1. The second-order valence-electron chi connectivity index (χ2n) is 9.02. The molecule has 0 N–H and O–H groups in total. The summed E-state index contributed by atoms with van der Waals surface area (Å²) < 4.78 is 18.4. The Bertz CT molecular complexity index is 1050. The zero-order chi connectivity index (χ0) is 24.1. The maximum Gasteiger partial charge on any atom is 0.308 e. The predicted molar refractivity (Wildman–Crippen MR) is 127 cm³/mol. The van der Waals surface area contributed by atoms with Gasteiger partial charge in [-0.05, 0) is 55.4 Å². The Morgan fingerprint density at radius 2 is 1.88 bits per heavy atom. The molecule has 1 fully saturated rings. The highest BCUT2D eigenvalue weighted by molar-refractivity contribution is 6.00. The van der Waals surface area contributed by atoms with Gasteiger partial charge in [0.25, 0.3) is 0 Å². The Balaban J connectivity index is 1.63. The molecular formula is C27H32N2O5. The molecule has 1 heterocycles. The molecule has 2 aromatic rings. The average Bonchev–Trinajstić information content (AvgIpc) is 3.41. The lowest BCUT2D eigenvalue weighted by Gasteiger charge is -2.36. The molecule has 180 valence electrons. The van der Waals surface area contributed by atoms with Crippen LogP contribution in [0.4, 0.5) is 0 Å². The van der Waals surface area contributed by atoms with Crippen molar-refractivity contribution >= 4 is 11.8 Å². The summed E-state index contributed by atoms with van der Waals surface area (Å²) in [4.78, 5) is 29.8. The molecule has 1 saturated carbocycles. The van der Waals surface area contributed by atoms with Gasteiger partial charge in [0.2, 0.25) is 0 Å². The predicted octanol–water partition coefficient (Wildman–Crippen LogP) is 4.66. The number of aromatic nitrogens is 2. The highest BCUT2D eigenvalue weighted by atomic mass is 16.5. The molecule has 2 atom stereocenters. The number of ether oxygens (including phenoxy) is 3. The Morgan fingerprint density at radius 1 is 1.15 bits per heavy atom. The maximum atomic E-state index is 13.5. The van der Waals surface area contributed by atoms with Crippen LogP contribution in [0.2, 0.25) is 0 Å². The van der Waals surface area contributed by atoms with E-state index in [9.17, 15) is 9.59 Å². The van der Waals surface area contributed by atoms with Crippen molar-refractivity contribution in [2.45, 2.75) is 45.3 Å². The highest BCUT2D eigenvalue weighted by Crippen LogP contribution is 2.42. The average molecular weight is 465 g/mol. The van der Waals surface area contributed by atoms with E-state index < -0.39 is 0 Å². The summed E-state index contributed by atoms with van der Waals surface area (Å²) in [6.45, 7) is 2.26. The quantitative estimate of drug-likeness (QED) is 0.529. The van der Waals surface area contributed by atoms with Gasteiger partial charge in [0, 0.05) is 18.3 Å². The zero-order valence-corrected chi connectivity index (χ0v) is 20.0. The van der Waals surface area contributed by atoms with Gasteiger partial charge in [0.15, 0.2) is 5.78 Å². The van der Waals surface area contributed by atoms with Crippen LogP contribution >= 0.6 is 0 Å². The van der Waals surface area contributed by atoms with Crippen LogP contribution in [-0.2, 0) is 25.7 Å². The molecule has 0 saturated heterocycles. The summed E-state index contributed by atoms with van der Waals surface area (Å²) in [5, 5.41) is 0. The number of carbonyl (C=O) groups excluding carboxylic acids is 2. The minimum Gasteiger partial charge on any atom is -0.497 e. The molecule has 1 aromatic carbocycles. The zero-order valence-electron chi connectivity index (χ0n) is 20.0. The van der Waals surface area contributed by atoms with E-state index in [0.717, 1.165) is 37.0 Å². The molecule has 1 aromatic heterocycles. The van der Waals surface area contributed by atoms with Crippen LogP contribution in [0.5, 0.6) is 5.75 Å². The molecule has 0 radical (unpaired) electrons. The Kier molecular flexibility index (Phi) is 7.50. The third-order valence-electron chi connectivity index (χ3n) is 6.93. The van der Waals surface area contributed by atoms with Gasteiger partial charge in [-0.25, -0.2) is 4.98 Å². The number of allylic oxidation sites excluding steroid dienone is 3. The van der Waals surface area contributed by atoms with Gasteiger partial charge in [-0.3, -0.25) is 9.59 Å². The van der Waals surface area contributed by atoms with E-state index in [-0.39, 0.29) is 35.5 Å². The fourth-order valence-corrected chi connectivity index (χ4v) is 4.98. The minimum absolute atomic E-state index is 0.0704. The van der Waals surface area contributed by atoms with Crippen molar-refractivity contribution in [3.05, 3.63) is 72.0 Å². The number of ketones is 1. The third kappa shape index (κ3) is 5.08. The number of imidazole rings is 1. The van der Waals surface area contributed by atoms with Crippen molar-refractivity contribution in [3.63, 3.8) is 0 Å². The molecule has 7 nitrogen and oxygen atoms in total. The molecule has 4 rings (SSSR count). The summed E-state index contributed by atoms with van der Waals surface area (Å²) in [5.41, 5.74) is 1.67. The van der Waals surface area contributed by atoms with Crippen LogP contribution in [0.15, 0.2) is 66.5 Å². The molecule has 0 bridgehead atoms. The normalized spacial score (nSPS) is 23.5. The lowest BCUT2D eigenvalue weighted by atomic mass is 9.74. The number of hydrogen-bond acceptors (Lipinski definition) is 6. The van der Waals surface area contributed by atoms with E-state index in [1.807, 2.05) is 54.1 Å². The highest BCUT2D eigenvalue weighted by Gasteiger charge is 2.39. The topological polar surface area (TPSA) is 79.7 Å². The summed E-state index contributed by atoms with van der Waals surface area (Å²) in [5.74, 6) is 1.20. The molecule has 2 aliphatic carbocycles. The molecule has 2 aliphatic rings. The number of rotatable bonds is 8. The van der Waals surface area contributed by atoms with Crippen LogP contribution in [0, 0.1) is 17.8 Å². The fourth-order valence-electron chi connectivity index (χ4n) is 4.98. The Morgan fingerprint density at radius 3 is 2.50 bits per heavy atom. The largest absolute Gasteiger partial charge is 0.497 e. The van der Waals surface area contributed by atoms with Crippen molar-refractivity contribution in [2.24, 2.45) is 17.8 Å². The van der Waals surface area contributed by atoms with E-state index in [0.29, 0.717) is 17.9 Å². The van der Waals surface area contributed by atoms with Crippen molar-refractivity contribution in [1.29, 1.82) is 0 Å². The first-order valence-electron chi connectivity index (χ1n) is 11.8. The number of hydrogen-bond donors (Lipinski definition) is 0. The van der Waals surface area contributed by atoms with Crippen LogP contribution in [-0.4, -0.2) is 35.5 Å². The smallest absolute Gasteiger partial charge is 0.308 e. The summed E-state index contributed by atoms with van der Waals surface area (Å²) in [7, 11) is 3.07. The first-order chi connectivity index (χ1) is 16.5. The van der Waals surface area contributed by atoms with E-state index >= 15 is 0 Å². The van der Waals surface area contributed by atoms with Gasteiger partial charge >= 0.3 is 5.97 Å². The molecule has 7 heteroatoms. The molecule has 0 amide bonds. The first-order valence-corrected chi connectivity index (χ1v) is 11.8. The lowest BCUT2D eigenvalue weighted by molar-refractivity contribution is -0.147. The van der Waals surface area contributed by atoms with Gasteiger partial charge in [-0.1, -0.05) is 25.1 Å². The van der Waals surface area contributed by atoms with Gasteiger partial charge in [-0.15, -0.1) is 0 Å². The number of methoxy groups -OCH3 is 2. The number of benzene rings is 1. The van der Waals surface area contributed by atoms with E-state index in [4.69, 9.17) is 14.2 Å². The standard InChI is InChI=1S/C27H32N2O5/c1-18-4-13-23(34-16-19-5-11-22(32-2)12-6-19)24(26(18)30)25(29-15-14-28-17-29)20-7-9-21(10-8-20)27(31)33-3/h4-6,11-15,17-18,20-21,25H,7-10,16H2,1-3H3. The third-order valence-corrected chi connectivity index (χ3v) is 6.93. The number of carbonyl (C=O) groups is 2. The second kappa shape index (κ2) is 10.7. The van der Waals surface area contributed by atoms with Crippen LogP contribution in [0.3, 0.4) is 0 Å². The summed E-state index contributed by atoms with van der Waals surface area (Å²) in [6.07, 6.45) is 12.4. The Labute approximate surface area is 200 Å². The van der Waals surface area contributed by atoms with E-state index in [2.05, 4.69) is 4.98 Å². The summed E-state index contributed by atoms with van der Waals surface area (Å²) >= 11 is 0. The number of nitrogens with zero attached hydrogens (tertiary/aromatic N) is 2. The fraction of sp³-hybridized carbons (Fsp3) is 0.444. The molecule has 0 aliphatic heterocycles. The number of esters is 1. The van der Waals surface area contributed by atoms with Crippen LogP contribution in [0.25, 0.3) is 0 Å². The second-order valence-corrected chi connectivity index (χ2v) is 9.02. The van der Waals surface area contributed by atoms with Crippen molar-refractivity contribution < 1.29 is 23.8 Å². The molecule has 2 unspecified atom stereocenters. The van der Waals surface area contributed by atoms with Crippen molar-refractivity contribution in [1.82, 2.24) is 9.55 Å². The van der Waals surface area contributed by atoms with Gasteiger partial charge in [-0.2, -0.15) is 0 Å².